The number of hydrogen-bond donors (Lipinski definition) is 0. The summed E-state index contributed by atoms with van der Waals surface area (Å²) in [7, 11) is 0. The molecule has 3 aromatic heterocycles. The summed E-state index contributed by atoms with van der Waals surface area (Å²) in [5, 5.41) is 3.86. The van der Waals surface area contributed by atoms with Crippen LogP contribution in [0, 0.1) is 0 Å². The first-order chi connectivity index (χ1) is 17.1. The van der Waals surface area contributed by atoms with Gasteiger partial charge in [0.15, 0.2) is 0 Å². The first kappa shape index (κ1) is 19.4. The van der Waals surface area contributed by atoms with E-state index in [2.05, 4.69) is 109 Å². The molecule has 0 spiro atoms. The Morgan fingerprint density at radius 1 is 0.714 bits per heavy atom. The molecular formula is C32H22N2S. The molecule has 35 heavy (non-hydrogen) atoms. The molecule has 4 aromatic carbocycles. The van der Waals surface area contributed by atoms with Crippen molar-refractivity contribution in [2.75, 3.05) is 0 Å². The summed E-state index contributed by atoms with van der Waals surface area (Å²) in [6.07, 6.45) is 1.92. The van der Waals surface area contributed by atoms with Crippen molar-refractivity contribution in [1.82, 2.24) is 9.55 Å². The minimum atomic E-state index is -0.106. The quantitative estimate of drug-likeness (QED) is 0.236. The molecule has 8 rings (SSSR count). The molecule has 0 atom stereocenters. The summed E-state index contributed by atoms with van der Waals surface area (Å²) in [6, 6.07) is 33.2. The Morgan fingerprint density at radius 2 is 1.54 bits per heavy atom. The van der Waals surface area contributed by atoms with Gasteiger partial charge in [-0.15, -0.1) is 11.3 Å². The number of pyridine rings is 1. The van der Waals surface area contributed by atoms with Gasteiger partial charge in [0.2, 0.25) is 0 Å². The second-order valence-electron chi connectivity index (χ2n) is 10.0. The van der Waals surface area contributed by atoms with Crippen LogP contribution >= 0.6 is 11.3 Å². The molecule has 0 fully saturated rings. The van der Waals surface area contributed by atoms with Crippen LogP contribution in [-0.4, -0.2) is 9.55 Å². The third kappa shape index (κ3) is 2.36. The number of rotatable bonds is 1. The van der Waals surface area contributed by atoms with Crippen molar-refractivity contribution >= 4 is 53.4 Å². The molecule has 0 aliphatic heterocycles. The Kier molecular flexibility index (Phi) is 3.64. The van der Waals surface area contributed by atoms with Gasteiger partial charge in [-0.05, 0) is 52.6 Å². The maximum Gasteiger partial charge on any atom is 0.0963 e. The Bertz CT molecular complexity index is 1990. The normalized spacial score (nSPS) is 14.2. The topological polar surface area (TPSA) is 17.8 Å². The van der Waals surface area contributed by atoms with Crippen LogP contribution in [0.25, 0.3) is 58.9 Å². The second-order valence-corrected chi connectivity index (χ2v) is 11.1. The highest BCUT2D eigenvalue weighted by atomic mass is 32.1. The highest BCUT2D eigenvalue weighted by molar-refractivity contribution is 7.26. The van der Waals surface area contributed by atoms with E-state index >= 15 is 0 Å². The van der Waals surface area contributed by atoms with Crippen molar-refractivity contribution < 1.29 is 0 Å². The largest absolute Gasteiger partial charge is 0.306 e. The molecule has 7 aromatic rings. The van der Waals surface area contributed by atoms with Gasteiger partial charge in [0.1, 0.15) is 0 Å². The summed E-state index contributed by atoms with van der Waals surface area (Å²) >= 11 is 1.88. The standard InChI is InChI=1S/C32H22N2S/c1-32(2)24-12-5-3-9-19(24)21-16-17-23-29-25(14-8-18-33-29)34(30(23)28(21)32)26-13-7-11-22-20-10-4-6-15-27(20)35-31(22)26/h3-18H,1-2H3. The molecule has 3 heteroatoms. The third-order valence-electron chi connectivity index (χ3n) is 7.82. The van der Waals surface area contributed by atoms with Crippen LogP contribution in [0.1, 0.15) is 25.0 Å². The summed E-state index contributed by atoms with van der Waals surface area (Å²) in [5.41, 5.74) is 10.1. The maximum atomic E-state index is 4.88. The van der Waals surface area contributed by atoms with Crippen molar-refractivity contribution in [1.29, 1.82) is 0 Å². The Hall–Kier alpha value is -3.95. The number of benzene rings is 4. The minimum Gasteiger partial charge on any atom is -0.306 e. The smallest absolute Gasteiger partial charge is 0.0963 e. The molecule has 0 saturated heterocycles. The molecule has 0 N–H and O–H groups in total. The van der Waals surface area contributed by atoms with Crippen molar-refractivity contribution in [3.8, 4) is 16.8 Å². The van der Waals surface area contributed by atoms with E-state index in [9.17, 15) is 0 Å². The first-order valence-electron chi connectivity index (χ1n) is 12.1. The van der Waals surface area contributed by atoms with Crippen LogP contribution < -0.4 is 0 Å². The van der Waals surface area contributed by atoms with Gasteiger partial charge in [-0.3, -0.25) is 4.98 Å². The van der Waals surface area contributed by atoms with E-state index in [0.29, 0.717) is 0 Å². The molecule has 1 aliphatic carbocycles. The fourth-order valence-electron chi connectivity index (χ4n) is 6.33. The van der Waals surface area contributed by atoms with Crippen molar-refractivity contribution in [2.24, 2.45) is 0 Å². The van der Waals surface area contributed by atoms with Gasteiger partial charge in [-0.25, -0.2) is 0 Å². The number of thiophene rings is 1. The van der Waals surface area contributed by atoms with E-state index in [-0.39, 0.29) is 5.41 Å². The summed E-state index contributed by atoms with van der Waals surface area (Å²) in [6.45, 7) is 4.74. The van der Waals surface area contributed by atoms with Crippen LogP contribution in [-0.2, 0) is 5.41 Å². The third-order valence-corrected chi connectivity index (χ3v) is 9.03. The lowest BCUT2D eigenvalue weighted by Gasteiger charge is -2.23. The van der Waals surface area contributed by atoms with Crippen molar-refractivity contribution in [3.63, 3.8) is 0 Å². The summed E-state index contributed by atoms with van der Waals surface area (Å²) < 4.78 is 5.14. The van der Waals surface area contributed by atoms with Crippen LogP contribution in [0.15, 0.2) is 97.2 Å². The highest BCUT2D eigenvalue weighted by Crippen LogP contribution is 2.53. The fourth-order valence-corrected chi connectivity index (χ4v) is 7.54. The summed E-state index contributed by atoms with van der Waals surface area (Å²) in [4.78, 5) is 4.88. The molecule has 0 bridgehead atoms. The Labute approximate surface area is 207 Å². The zero-order chi connectivity index (χ0) is 23.3. The van der Waals surface area contributed by atoms with E-state index in [1.807, 2.05) is 17.5 Å². The highest BCUT2D eigenvalue weighted by Gasteiger charge is 2.38. The van der Waals surface area contributed by atoms with Crippen LogP contribution in [0.4, 0.5) is 0 Å². The molecule has 1 aliphatic rings. The molecule has 3 heterocycles. The van der Waals surface area contributed by atoms with Crippen molar-refractivity contribution in [3.05, 3.63) is 108 Å². The van der Waals surface area contributed by atoms with Crippen molar-refractivity contribution in [2.45, 2.75) is 19.3 Å². The van der Waals surface area contributed by atoms with E-state index in [1.54, 1.807) is 0 Å². The SMILES string of the molecule is CC1(C)c2ccccc2-c2ccc3c4ncccc4n(-c4cccc5c4sc4ccccc45)c3c21. The lowest BCUT2D eigenvalue weighted by molar-refractivity contribution is 0.664. The molecule has 166 valence electrons. The van der Waals surface area contributed by atoms with Gasteiger partial charge in [0, 0.05) is 32.5 Å². The maximum absolute atomic E-state index is 4.88. The van der Waals surface area contributed by atoms with E-state index < -0.39 is 0 Å². The molecule has 0 amide bonds. The van der Waals surface area contributed by atoms with Crippen LogP contribution in [0.5, 0.6) is 0 Å². The lowest BCUT2D eigenvalue weighted by atomic mass is 9.81. The fraction of sp³-hybridized carbons (Fsp3) is 0.0938. The zero-order valence-electron chi connectivity index (χ0n) is 19.5. The molecule has 0 saturated carbocycles. The number of aromatic nitrogens is 2. The van der Waals surface area contributed by atoms with Gasteiger partial charge < -0.3 is 4.57 Å². The van der Waals surface area contributed by atoms with E-state index in [1.165, 1.54) is 59.0 Å². The summed E-state index contributed by atoms with van der Waals surface area (Å²) in [5.74, 6) is 0. The monoisotopic (exact) mass is 466 g/mol. The van der Waals surface area contributed by atoms with E-state index in [4.69, 9.17) is 4.98 Å². The number of hydrogen-bond acceptors (Lipinski definition) is 2. The second kappa shape index (κ2) is 6.59. The zero-order valence-corrected chi connectivity index (χ0v) is 20.4. The molecular weight excluding hydrogens is 444 g/mol. The van der Waals surface area contributed by atoms with Gasteiger partial charge in [-0.2, -0.15) is 0 Å². The average molecular weight is 467 g/mol. The molecule has 2 nitrogen and oxygen atoms in total. The predicted octanol–water partition coefficient (Wildman–Crippen LogP) is 8.85. The Morgan fingerprint density at radius 3 is 2.49 bits per heavy atom. The van der Waals surface area contributed by atoms with Gasteiger partial charge in [0.05, 0.1) is 26.9 Å². The number of nitrogens with zero attached hydrogens (tertiary/aromatic N) is 2. The average Bonchev–Trinajstić information content (AvgIpc) is 3.51. The minimum absolute atomic E-state index is 0.106. The van der Waals surface area contributed by atoms with Crippen LogP contribution in [0.2, 0.25) is 0 Å². The van der Waals surface area contributed by atoms with Crippen LogP contribution in [0.3, 0.4) is 0 Å². The number of fused-ring (bicyclic) bond motifs is 10. The first-order valence-corrected chi connectivity index (χ1v) is 12.9. The van der Waals surface area contributed by atoms with Gasteiger partial charge >= 0.3 is 0 Å². The van der Waals surface area contributed by atoms with E-state index in [0.717, 1.165) is 11.0 Å². The van der Waals surface area contributed by atoms with Gasteiger partial charge in [0.25, 0.3) is 0 Å². The van der Waals surface area contributed by atoms with Gasteiger partial charge in [-0.1, -0.05) is 74.5 Å². The molecule has 0 unspecified atom stereocenters. The lowest BCUT2D eigenvalue weighted by Crippen LogP contribution is -2.16. The molecule has 0 radical (unpaired) electrons. The predicted molar refractivity (Wildman–Crippen MR) is 149 cm³/mol. The Balaban J connectivity index is 1.60.